The van der Waals surface area contributed by atoms with Crippen molar-refractivity contribution in [1.82, 2.24) is 24.7 Å². The molecule has 4 heterocycles. The Kier molecular flexibility index (Phi) is 14.6. The molecule has 4 aromatic carbocycles. The SMILES string of the molecule is CN1Cc2cccc(N)c2C1=O.CN1Cc2cccc(Nc3nc(Cl)ncc3Cl)c2C1=O.CN1Cc2cccc([N+](=O)[O-])c2C1=O.COC(=O)c1c(CBr)cccc1[N+](=O)[O-]. The number of hydrogen-bond acceptors (Lipinski definition) is 13. The summed E-state index contributed by atoms with van der Waals surface area (Å²) in [7, 11) is 6.37. The van der Waals surface area contributed by atoms with E-state index in [1.165, 1.54) is 36.4 Å². The molecule has 21 heteroatoms. The topological polar surface area (TPSA) is 237 Å². The van der Waals surface area contributed by atoms with Crippen LogP contribution >= 0.6 is 39.1 Å². The maximum absolute atomic E-state index is 12.2. The number of anilines is 3. The van der Waals surface area contributed by atoms with E-state index in [-0.39, 0.29) is 45.5 Å². The van der Waals surface area contributed by atoms with Crippen molar-refractivity contribution < 1.29 is 33.8 Å². The van der Waals surface area contributed by atoms with Gasteiger partial charge in [0.05, 0.1) is 40.0 Å². The molecule has 0 spiro atoms. The number of rotatable bonds is 6. The van der Waals surface area contributed by atoms with Crippen LogP contribution in [0, 0.1) is 20.2 Å². The summed E-state index contributed by atoms with van der Waals surface area (Å²) in [5.74, 6) is -0.589. The van der Waals surface area contributed by atoms with Gasteiger partial charge in [0.25, 0.3) is 29.1 Å². The van der Waals surface area contributed by atoms with Crippen molar-refractivity contribution in [3.05, 3.63) is 154 Å². The molecule has 3 amide bonds. The molecule has 18 nitrogen and oxygen atoms in total. The van der Waals surface area contributed by atoms with Gasteiger partial charge in [0.1, 0.15) is 16.1 Å². The van der Waals surface area contributed by atoms with Crippen LogP contribution in [0.3, 0.4) is 0 Å². The van der Waals surface area contributed by atoms with Crippen molar-refractivity contribution in [3.63, 3.8) is 0 Å². The average Bonchev–Trinajstić information content (AvgIpc) is 3.83. The first kappa shape index (κ1) is 45.4. The van der Waals surface area contributed by atoms with E-state index in [1.54, 1.807) is 55.2 Å². The fraction of sp³-hybridized carbons (Fsp3) is 0.200. The van der Waals surface area contributed by atoms with Crippen LogP contribution in [0.2, 0.25) is 10.3 Å². The smallest absolute Gasteiger partial charge is 0.345 e. The summed E-state index contributed by atoms with van der Waals surface area (Å²) in [5, 5.41) is 25.2. The predicted molar refractivity (Wildman–Crippen MR) is 230 cm³/mol. The number of nitrogens with zero attached hydrogens (tertiary/aromatic N) is 7. The summed E-state index contributed by atoms with van der Waals surface area (Å²) in [4.78, 5) is 79.4. The van der Waals surface area contributed by atoms with Crippen molar-refractivity contribution >= 4 is 91.4 Å². The van der Waals surface area contributed by atoms with Gasteiger partial charge in [0, 0.05) is 63.9 Å². The second kappa shape index (κ2) is 19.6. The zero-order valence-electron chi connectivity index (χ0n) is 32.8. The summed E-state index contributed by atoms with van der Waals surface area (Å²) in [6.07, 6.45) is 1.41. The molecule has 8 rings (SSSR count). The highest BCUT2D eigenvalue weighted by atomic mass is 79.9. The van der Waals surface area contributed by atoms with Crippen molar-refractivity contribution in [3.8, 4) is 0 Å². The molecule has 1 aromatic heterocycles. The van der Waals surface area contributed by atoms with E-state index >= 15 is 0 Å². The number of carbonyl (C=O) groups is 4. The lowest BCUT2D eigenvalue weighted by Gasteiger charge is -2.11. The molecule has 0 saturated heterocycles. The molecule has 0 fully saturated rings. The van der Waals surface area contributed by atoms with Crippen LogP contribution in [0.15, 0.2) is 79.0 Å². The molecule has 3 N–H and O–H groups in total. The number of ether oxygens (including phenoxy) is 1. The Morgan fingerprint density at radius 3 is 1.84 bits per heavy atom. The molecule has 0 saturated carbocycles. The van der Waals surface area contributed by atoms with Crippen LogP contribution in [0.5, 0.6) is 0 Å². The van der Waals surface area contributed by atoms with Gasteiger partial charge < -0.3 is 30.5 Å². The van der Waals surface area contributed by atoms with E-state index in [1.807, 2.05) is 30.3 Å². The number of nitrogens with two attached hydrogens (primary N) is 1. The van der Waals surface area contributed by atoms with Gasteiger partial charge in [0.15, 0.2) is 5.82 Å². The van der Waals surface area contributed by atoms with Crippen molar-refractivity contribution in [2.45, 2.75) is 25.0 Å². The molecule has 0 radical (unpaired) electrons. The van der Waals surface area contributed by atoms with Gasteiger partial charge >= 0.3 is 5.97 Å². The minimum absolute atomic E-state index is 0.00174. The number of aromatic nitrogens is 2. The Balaban J connectivity index is 0.000000157. The van der Waals surface area contributed by atoms with Crippen LogP contribution in [-0.4, -0.2) is 86.5 Å². The first-order valence-corrected chi connectivity index (χ1v) is 19.7. The van der Waals surface area contributed by atoms with Crippen molar-refractivity contribution in [1.29, 1.82) is 0 Å². The zero-order chi connectivity index (χ0) is 44.7. The fourth-order valence-electron chi connectivity index (χ4n) is 6.52. The molecule has 5 aromatic rings. The Morgan fingerprint density at radius 2 is 1.28 bits per heavy atom. The monoisotopic (exact) mass is 935 g/mol. The number of hydrogen-bond donors (Lipinski definition) is 2. The van der Waals surface area contributed by atoms with Gasteiger partial charge in [-0.2, -0.15) is 4.98 Å². The molecule has 0 aliphatic carbocycles. The number of nitrogens with one attached hydrogen (secondary N) is 1. The molecule has 316 valence electrons. The number of esters is 1. The Bertz CT molecular complexity index is 2580. The maximum atomic E-state index is 12.2. The Morgan fingerprint density at radius 1 is 0.787 bits per heavy atom. The van der Waals surface area contributed by atoms with E-state index in [4.69, 9.17) is 28.9 Å². The normalized spacial score (nSPS) is 13.1. The summed E-state index contributed by atoms with van der Waals surface area (Å²) in [5.41, 5.74) is 11.4. The van der Waals surface area contributed by atoms with Crippen LogP contribution in [0.25, 0.3) is 0 Å². The summed E-state index contributed by atoms with van der Waals surface area (Å²) < 4.78 is 4.51. The van der Waals surface area contributed by atoms with E-state index in [9.17, 15) is 39.4 Å². The molecule has 0 atom stereocenters. The highest BCUT2D eigenvalue weighted by Crippen LogP contribution is 2.33. The summed E-state index contributed by atoms with van der Waals surface area (Å²) in [6.45, 7) is 1.73. The fourth-order valence-corrected chi connectivity index (χ4v) is 7.26. The Labute approximate surface area is 366 Å². The van der Waals surface area contributed by atoms with E-state index in [0.29, 0.717) is 63.9 Å². The number of nitro groups is 2. The first-order chi connectivity index (χ1) is 29.0. The second-order valence-corrected chi connectivity index (χ2v) is 14.7. The third kappa shape index (κ3) is 10.0. The van der Waals surface area contributed by atoms with Gasteiger partial charge in [-0.1, -0.05) is 76.1 Å². The number of halogens is 3. The minimum Gasteiger partial charge on any atom is -0.465 e. The molecular weight excluding hydrogens is 901 g/mol. The molecular formula is C40H36BrCl2N9O9. The number of alkyl halides is 1. The van der Waals surface area contributed by atoms with E-state index in [2.05, 4.69) is 36.0 Å². The molecule has 61 heavy (non-hydrogen) atoms. The predicted octanol–water partition coefficient (Wildman–Crippen LogP) is 7.42. The molecule has 0 unspecified atom stereocenters. The number of benzene rings is 4. The van der Waals surface area contributed by atoms with Gasteiger partial charge in [0.2, 0.25) is 5.28 Å². The summed E-state index contributed by atoms with van der Waals surface area (Å²) >= 11 is 14.9. The average molecular weight is 938 g/mol. The van der Waals surface area contributed by atoms with Gasteiger partial charge in [-0.25, -0.2) is 9.78 Å². The number of fused-ring (bicyclic) bond motifs is 3. The standard InChI is InChI=1S/C13H10Cl2N4O.C9H8BrNO4.C9H8N2O3.C9H10N2O/c1-19-6-7-3-2-4-9(10(7)12(19)20)17-11-8(14)5-16-13(15)18-11;1-15-9(12)8-6(5-10)3-2-4-7(8)11(13)14;1-10-5-6-3-2-4-7(11(13)14)8(6)9(10)12;1-11-5-6-3-2-4-7(10)8(6)9(11)12/h2-5H,6H2,1H3,(H,16,17,18);2-4H,5H2,1H3;2-4H,5H2,1H3;2-4H,5,10H2,1H3. The van der Waals surface area contributed by atoms with Crippen LogP contribution < -0.4 is 11.1 Å². The van der Waals surface area contributed by atoms with Crippen LogP contribution in [0.1, 0.15) is 63.7 Å². The number of nitro benzene ring substituents is 2. The second-order valence-electron chi connectivity index (χ2n) is 13.4. The van der Waals surface area contributed by atoms with E-state index < -0.39 is 15.8 Å². The maximum Gasteiger partial charge on any atom is 0.345 e. The lowest BCUT2D eigenvalue weighted by molar-refractivity contribution is -0.385. The van der Waals surface area contributed by atoms with Gasteiger partial charge in [-0.15, -0.1) is 0 Å². The van der Waals surface area contributed by atoms with Crippen molar-refractivity contribution in [2.24, 2.45) is 0 Å². The Hall–Kier alpha value is -6.70. The lowest BCUT2D eigenvalue weighted by atomic mass is 10.1. The minimum atomic E-state index is -0.697. The number of amides is 3. The molecule has 0 bridgehead atoms. The first-order valence-electron chi connectivity index (χ1n) is 17.9. The van der Waals surface area contributed by atoms with Gasteiger partial charge in [-0.3, -0.25) is 34.6 Å². The zero-order valence-corrected chi connectivity index (χ0v) is 35.9. The number of methoxy groups -OCH3 is 1. The number of nitrogen functional groups attached to an aromatic ring is 1. The highest BCUT2D eigenvalue weighted by molar-refractivity contribution is 9.08. The van der Waals surface area contributed by atoms with Crippen LogP contribution in [-0.2, 0) is 29.7 Å². The summed E-state index contributed by atoms with van der Waals surface area (Å²) in [6, 6.07) is 20.3. The quantitative estimate of drug-likeness (QED) is 0.0421. The van der Waals surface area contributed by atoms with E-state index in [0.717, 1.165) is 16.7 Å². The van der Waals surface area contributed by atoms with Gasteiger partial charge in [-0.05, 0) is 46.0 Å². The third-order valence-corrected chi connectivity index (χ3v) is 10.5. The third-order valence-electron chi connectivity index (χ3n) is 9.39. The number of carbonyl (C=O) groups excluding carboxylic acids is 4. The van der Waals surface area contributed by atoms with Crippen molar-refractivity contribution in [2.75, 3.05) is 39.3 Å². The molecule has 3 aliphatic rings. The highest BCUT2D eigenvalue weighted by Gasteiger charge is 2.32. The lowest BCUT2D eigenvalue weighted by Crippen LogP contribution is -2.18. The largest absolute Gasteiger partial charge is 0.465 e. The van der Waals surface area contributed by atoms with Crippen LogP contribution in [0.4, 0.5) is 28.6 Å². The molecule has 3 aliphatic heterocycles.